The summed E-state index contributed by atoms with van der Waals surface area (Å²) in [5.41, 5.74) is 2.33. The van der Waals surface area contributed by atoms with Gasteiger partial charge >= 0.3 is 5.97 Å². The van der Waals surface area contributed by atoms with Gasteiger partial charge in [0.05, 0.1) is 12.7 Å². The number of esters is 1. The highest BCUT2D eigenvalue weighted by atomic mass is 35.5. The van der Waals surface area contributed by atoms with Gasteiger partial charge in [0.25, 0.3) is 0 Å². The zero-order chi connectivity index (χ0) is 19.8. The number of carbonyl (C=O) groups excluding carboxylic acids is 1. The summed E-state index contributed by atoms with van der Waals surface area (Å²) in [7, 11) is 1.30. The number of ether oxygens (including phenoxy) is 2. The van der Waals surface area contributed by atoms with Gasteiger partial charge in [0.2, 0.25) is 0 Å². The lowest BCUT2D eigenvalue weighted by molar-refractivity contribution is -0.142. The molecule has 0 heterocycles. The third-order valence-corrected chi connectivity index (χ3v) is 5.50. The second-order valence-electron chi connectivity index (χ2n) is 5.78. The Morgan fingerprint density at radius 1 is 1.19 bits per heavy atom. The van der Waals surface area contributed by atoms with Crippen LogP contribution in [-0.2, 0) is 20.7 Å². The van der Waals surface area contributed by atoms with Crippen molar-refractivity contribution in [1.82, 2.24) is 0 Å². The van der Waals surface area contributed by atoms with Crippen LogP contribution in [-0.4, -0.2) is 30.0 Å². The Morgan fingerprint density at radius 3 is 2.63 bits per heavy atom. The van der Waals surface area contributed by atoms with Gasteiger partial charge in [0.15, 0.2) is 11.5 Å². The summed E-state index contributed by atoms with van der Waals surface area (Å²) in [4.78, 5) is 12.1. The van der Waals surface area contributed by atoms with Crippen LogP contribution in [0.2, 0.25) is 5.02 Å². The normalized spacial score (nSPS) is 11.3. The number of hydrogen-bond acceptors (Lipinski definition) is 4. The van der Waals surface area contributed by atoms with E-state index in [1.54, 1.807) is 18.2 Å². The summed E-state index contributed by atoms with van der Waals surface area (Å²) in [6.45, 7) is 3.74. The van der Waals surface area contributed by atoms with Crippen molar-refractivity contribution in [3.63, 3.8) is 0 Å². The van der Waals surface area contributed by atoms with Crippen molar-refractivity contribution >= 4 is 28.7 Å². The van der Waals surface area contributed by atoms with Crippen molar-refractivity contribution in [2.75, 3.05) is 19.5 Å². The molecule has 2 aromatic rings. The average Bonchev–Trinajstić information content (AvgIpc) is 2.66. The molecular weight excluding hydrogens is 384 g/mol. The lowest BCUT2D eigenvalue weighted by Crippen LogP contribution is -2.13. The number of halogens is 1. The molecule has 0 N–H and O–H groups in total. The number of aryl methyl sites for hydroxylation is 1. The standard InChI is InChI=1S/C21H21ClO4S/c1-4-11-27(24)19-9-5-15(2)16(13-19)6-7-17-12-18(22)8-10-20(17)26-14-21(23)25-3/h5,8-10,12-13H,4,11,14H2,1-3H3. The van der Waals surface area contributed by atoms with Crippen molar-refractivity contribution in [3.8, 4) is 17.6 Å². The van der Waals surface area contributed by atoms with E-state index < -0.39 is 17.1 Å². The summed E-state index contributed by atoms with van der Waals surface area (Å²) < 4.78 is 22.3. The molecule has 0 aromatic heterocycles. The molecule has 0 saturated carbocycles. The monoisotopic (exact) mass is 404 g/mol. The molecule has 142 valence electrons. The van der Waals surface area contributed by atoms with E-state index in [4.69, 9.17) is 16.3 Å². The third kappa shape index (κ3) is 6.21. The minimum absolute atomic E-state index is 0.211. The summed E-state index contributed by atoms with van der Waals surface area (Å²) in [5, 5.41) is 0.513. The van der Waals surface area contributed by atoms with E-state index in [1.807, 2.05) is 32.0 Å². The Kier molecular flexibility index (Phi) is 8.05. The Hall–Kier alpha value is -2.13. The number of hydrogen-bond donors (Lipinski definition) is 0. The maximum atomic E-state index is 12.2. The third-order valence-electron chi connectivity index (χ3n) is 3.71. The average molecular weight is 405 g/mol. The quantitative estimate of drug-likeness (QED) is 0.413. The summed E-state index contributed by atoms with van der Waals surface area (Å²) in [6, 6.07) is 10.6. The van der Waals surface area contributed by atoms with E-state index >= 15 is 0 Å². The molecule has 0 amide bonds. The fourth-order valence-corrected chi connectivity index (χ4v) is 3.48. The van der Waals surface area contributed by atoms with Crippen LogP contribution in [0.5, 0.6) is 5.75 Å². The second kappa shape index (κ2) is 10.3. The first kappa shape index (κ1) is 21.2. The number of rotatable bonds is 6. The molecule has 0 spiro atoms. The van der Waals surface area contributed by atoms with Crippen LogP contribution in [0.15, 0.2) is 41.3 Å². The first-order valence-corrected chi connectivity index (χ1v) is 10.1. The minimum Gasteiger partial charge on any atom is -0.611 e. The van der Waals surface area contributed by atoms with Gasteiger partial charge in [-0.1, -0.05) is 36.4 Å². The zero-order valence-corrected chi connectivity index (χ0v) is 17.1. The lowest BCUT2D eigenvalue weighted by Gasteiger charge is -2.10. The van der Waals surface area contributed by atoms with Crippen LogP contribution in [0, 0.1) is 18.8 Å². The number of benzene rings is 2. The van der Waals surface area contributed by atoms with Gasteiger partial charge in [-0.05, 0) is 54.3 Å². The van der Waals surface area contributed by atoms with E-state index in [2.05, 4.69) is 16.6 Å². The van der Waals surface area contributed by atoms with Gasteiger partial charge < -0.3 is 14.0 Å². The van der Waals surface area contributed by atoms with Crippen LogP contribution in [0.3, 0.4) is 0 Å². The van der Waals surface area contributed by atoms with Crippen molar-refractivity contribution in [2.45, 2.75) is 25.2 Å². The predicted octanol–water partition coefficient (Wildman–Crippen LogP) is 4.12. The highest BCUT2D eigenvalue weighted by Gasteiger charge is 2.11. The molecule has 27 heavy (non-hydrogen) atoms. The van der Waals surface area contributed by atoms with Gasteiger partial charge in [-0.15, -0.1) is 0 Å². The Balaban J connectivity index is 2.32. The molecule has 6 heteroatoms. The molecular formula is C21H21ClO4S. The molecule has 0 fully saturated rings. The van der Waals surface area contributed by atoms with Crippen molar-refractivity contribution in [3.05, 3.63) is 58.1 Å². The topological polar surface area (TPSA) is 58.6 Å². The smallest absolute Gasteiger partial charge is 0.343 e. The van der Waals surface area contributed by atoms with Gasteiger partial charge in [-0.2, -0.15) is 0 Å². The van der Waals surface area contributed by atoms with Gasteiger partial charge in [-0.25, -0.2) is 4.79 Å². The molecule has 0 bridgehead atoms. The van der Waals surface area contributed by atoms with Crippen molar-refractivity contribution in [2.24, 2.45) is 0 Å². The molecule has 0 saturated heterocycles. The second-order valence-corrected chi connectivity index (χ2v) is 7.79. The van der Waals surface area contributed by atoms with E-state index in [1.165, 1.54) is 7.11 Å². The summed E-state index contributed by atoms with van der Waals surface area (Å²) in [6.07, 6.45) is 0.852. The molecule has 0 aliphatic rings. The zero-order valence-electron chi connectivity index (χ0n) is 15.5. The molecule has 1 atom stereocenters. The fourth-order valence-electron chi connectivity index (χ4n) is 2.24. The molecule has 2 aromatic carbocycles. The van der Waals surface area contributed by atoms with E-state index in [0.717, 1.165) is 22.4 Å². The van der Waals surface area contributed by atoms with Crippen LogP contribution in [0.1, 0.15) is 30.0 Å². The largest absolute Gasteiger partial charge is 0.611 e. The van der Waals surface area contributed by atoms with Crippen molar-refractivity contribution < 1.29 is 18.8 Å². The fraction of sp³-hybridized carbons (Fsp3) is 0.286. The predicted molar refractivity (Wildman–Crippen MR) is 108 cm³/mol. The van der Waals surface area contributed by atoms with Crippen LogP contribution in [0.25, 0.3) is 0 Å². The van der Waals surface area contributed by atoms with E-state index in [-0.39, 0.29) is 6.61 Å². The lowest BCUT2D eigenvalue weighted by atomic mass is 10.1. The van der Waals surface area contributed by atoms with Gasteiger partial charge in [-0.3, -0.25) is 0 Å². The Morgan fingerprint density at radius 2 is 1.93 bits per heavy atom. The molecule has 0 aliphatic carbocycles. The van der Waals surface area contributed by atoms with E-state index in [9.17, 15) is 9.35 Å². The Bertz CT molecular complexity index is 870. The first-order chi connectivity index (χ1) is 12.9. The van der Waals surface area contributed by atoms with Crippen LogP contribution in [0.4, 0.5) is 0 Å². The molecule has 4 nitrogen and oxygen atoms in total. The highest BCUT2D eigenvalue weighted by Crippen LogP contribution is 2.23. The highest BCUT2D eigenvalue weighted by molar-refractivity contribution is 7.91. The first-order valence-electron chi connectivity index (χ1n) is 8.44. The maximum absolute atomic E-state index is 12.2. The molecule has 2 rings (SSSR count). The van der Waals surface area contributed by atoms with E-state index in [0.29, 0.717) is 22.1 Å². The van der Waals surface area contributed by atoms with Crippen LogP contribution >= 0.6 is 11.6 Å². The maximum Gasteiger partial charge on any atom is 0.343 e. The Labute approximate surface area is 168 Å². The van der Waals surface area contributed by atoms with Gasteiger partial charge in [0, 0.05) is 16.7 Å². The summed E-state index contributed by atoms with van der Waals surface area (Å²) >= 11 is 5.03. The molecule has 0 radical (unpaired) electrons. The minimum atomic E-state index is -1.03. The van der Waals surface area contributed by atoms with Crippen molar-refractivity contribution in [1.29, 1.82) is 0 Å². The molecule has 1 unspecified atom stereocenters. The summed E-state index contributed by atoms with van der Waals surface area (Å²) in [5.74, 6) is 6.72. The van der Waals surface area contributed by atoms with Crippen LogP contribution < -0.4 is 4.74 Å². The number of methoxy groups -OCH3 is 1. The van der Waals surface area contributed by atoms with Gasteiger partial charge in [0.1, 0.15) is 11.5 Å². The molecule has 0 aliphatic heterocycles. The SMILES string of the molecule is CCC[S+]([O-])c1ccc(C)c(C#Cc2cc(Cl)ccc2OCC(=O)OC)c1. The number of carbonyl (C=O) groups is 1.